The predicted molar refractivity (Wildman–Crippen MR) is 70.3 cm³/mol. The van der Waals surface area contributed by atoms with E-state index in [-0.39, 0.29) is 18.1 Å². The summed E-state index contributed by atoms with van der Waals surface area (Å²) in [6.45, 7) is 1.86. The second kappa shape index (κ2) is 8.45. The van der Waals surface area contributed by atoms with Crippen LogP contribution in [0.25, 0.3) is 0 Å². The molecule has 0 bridgehead atoms. The number of ether oxygens (including phenoxy) is 2. The molecule has 106 valence electrons. The van der Waals surface area contributed by atoms with E-state index < -0.39 is 0 Å². The van der Waals surface area contributed by atoms with Crippen LogP contribution in [0.5, 0.6) is 0 Å². The summed E-state index contributed by atoms with van der Waals surface area (Å²) < 4.78 is 10.6. The average Bonchev–Trinajstić information content (AvgIpc) is 2.37. The van der Waals surface area contributed by atoms with E-state index in [1.54, 1.807) is 19.1 Å². The lowest BCUT2D eigenvalue weighted by molar-refractivity contribution is -0.131. The van der Waals surface area contributed by atoms with Crippen LogP contribution < -0.4 is 5.73 Å². The Kier molecular flexibility index (Phi) is 7.23. The Balaban J connectivity index is 2.18. The molecule has 5 nitrogen and oxygen atoms in total. The lowest BCUT2D eigenvalue weighted by Crippen LogP contribution is -2.41. The van der Waals surface area contributed by atoms with Crippen LogP contribution in [-0.2, 0) is 14.3 Å². The third-order valence-electron chi connectivity index (χ3n) is 3.27. The van der Waals surface area contributed by atoms with E-state index in [4.69, 9.17) is 15.2 Å². The minimum absolute atomic E-state index is 0.116. The molecule has 2 atom stereocenters. The van der Waals surface area contributed by atoms with Crippen molar-refractivity contribution in [2.75, 3.05) is 33.9 Å². The van der Waals surface area contributed by atoms with Gasteiger partial charge in [0, 0.05) is 39.8 Å². The van der Waals surface area contributed by atoms with Crippen LogP contribution >= 0.6 is 0 Å². The number of methoxy groups -OCH3 is 1. The molecule has 0 aromatic carbocycles. The van der Waals surface area contributed by atoms with E-state index in [9.17, 15) is 4.79 Å². The van der Waals surface area contributed by atoms with Gasteiger partial charge in [-0.3, -0.25) is 4.79 Å². The van der Waals surface area contributed by atoms with Crippen molar-refractivity contribution in [3.63, 3.8) is 0 Å². The lowest BCUT2D eigenvalue weighted by atomic mass is 10.0. The van der Waals surface area contributed by atoms with E-state index in [0.29, 0.717) is 19.6 Å². The molecular weight excluding hydrogens is 232 g/mol. The first-order valence-electron chi connectivity index (χ1n) is 6.73. The Morgan fingerprint density at radius 3 is 2.94 bits per heavy atom. The zero-order chi connectivity index (χ0) is 13.4. The molecule has 0 aromatic rings. The summed E-state index contributed by atoms with van der Waals surface area (Å²) in [5, 5.41) is 0. The van der Waals surface area contributed by atoms with E-state index in [1.807, 2.05) is 0 Å². The van der Waals surface area contributed by atoms with Gasteiger partial charge in [-0.15, -0.1) is 0 Å². The summed E-state index contributed by atoms with van der Waals surface area (Å²) in [6.07, 6.45) is 5.08. The van der Waals surface area contributed by atoms with E-state index in [2.05, 4.69) is 0 Å². The van der Waals surface area contributed by atoms with Gasteiger partial charge in [0.15, 0.2) is 0 Å². The fraction of sp³-hybridized carbons (Fsp3) is 0.923. The first kappa shape index (κ1) is 15.4. The highest BCUT2D eigenvalue weighted by Gasteiger charge is 2.17. The van der Waals surface area contributed by atoms with Gasteiger partial charge >= 0.3 is 0 Å². The topological polar surface area (TPSA) is 64.8 Å². The Labute approximate surface area is 110 Å². The molecule has 2 unspecified atom stereocenters. The van der Waals surface area contributed by atoms with Gasteiger partial charge in [0.05, 0.1) is 12.7 Å². The smallest absolute Gasteiger partial charge is 0.222 e. The molecular formula is C13H26N2O3. The van der Waals surface area contributed by atoms with Crippen molar-refractivity contribution < 1.29 is 14.3 Å². The minimum atomic E-state index is -0.116. The maximum Gasteiger partial charge on any atom is 0.222 e. The Hall–Kier alpha value is -0.650. The molecule has 1 amide bonds. The molecule has 5 heteroatoms. The van der Waals surface area contributed by atoms with Crippen LogP contribution in [0.4, 0.5) is 0 Å². The largest absolute Gasteiger partial charge is 0.383 e. The molecule has 1 fully saturated rings. The molecule has 1 aliphatic heterocycles. The van der Waals surface area contributed by atoms with Gasteiger partial charge in [-0.05, 0) is 25.7 Å². The molecule has 18 heavy (non-hydrogen) atoms. The zero-order valence-electron chi connectivity index (χ0n) is 11.6. The van der Waals surface area contributed by atoms with Crippen molar-refractivity contribution in [1.29, 1.82) is 0 Å². The van der Waals surface area contributed by atoms with E-state index >= 15 is 0 Å². The minimum Gasteiger partial charge on any atom is -0.383 e. The van der Waals surface area contributed by atoms with Crippen molar-refractivity contribution in [3.05, 3.63) is 0 Å². The highest BCUT2D eigenvalue weighted by Crippen LogP contribution is 2.17. The normalized spacial score (nSPS) is 21.6. The number of likely N-dealkylation sites (N-methyl/N-ethyl adjacent to an activating group) is 1. The van der Waals surface area contributed by atoms with Crippen molar-refractivity contribution >= 4 is 5.91 Å². The highest BCUT2D eigenvalue weighted by atomic mass is 16.5. The second-order valence-corrected chi connectivity index (χ2v) is 5.02. The molecule has 1 aliphatic rings. The third kappa shape index (κ3) is 5.80. The molecule has 0 aliphatic carbocycles. The molecule has 1 rings (SSSR count). The molecule has 0 saturated carbocycles. The number of carbonyl (C=O) groups is 1. The number of carbonyl (C=O) groups excluding carboxylic acids is 1. The number of rotatable bonds is 7. The van der Waals surface area contributed by atoms with Crippen molar-refractivity contribution in [2.24, 2.45) is 5.73 Å². The Bertz CT molecular complexity index is 242. The van der Waals surface area contributed by atoms with E-state index in [0.717, 1.165) is 25.9 Å². The second-order valence-electron chi connectivity index (χ2n) is 5.02. The lowest BCUT2D eigenvalue weighted by Gasteiger charge is -2.24. The van der Waals surface area contributed by atoms with E-state index in [1.165, 1.54) is 6.42 Å². The first-order chi connectivity index (χ1) is 8.63. The van der Waals surface area contributed by atoms with Crippen LogP contribution in [0.15, 0.2) is 0 Å². The SMILES string of the molecule is COCC(N)CN(C)C(=O)CCC1CCCCO1. The van der Waals surface area contributed by atoms with Crippen molar-refractivity contribution in [2.45, 2.75) is 44.2 Å². The summed E-state index contributed by atoms with van der Waals surface area (Å²) in [4.78, 5) is 13.6. The fourth-order valence-electron chi connectivity index (χ4n) is 2.23. The Morgan fingerprint density at radius 1 is 1.56 bits per heavy atom. The molecule has 1 saturated heterocycles. The molecule has 2 N–H and O–H groups in total. The van der Waals surface area contributed by atoms with Crippen molar-refractivity contribution in [1.82, 2.24) is 4.90 Å². The van der Waals surface area contributed by atoms with Gasteiger partial charge in [-0.25, -0.2) is 0 Å². The molecule has 0 radical (unpaired) electrons. The zero-order valence-corrected chi connectivity index (χ0v) is 11.6. The number of hydrogen-bond donors (Lipinski definition) is 1. The summed E-state index contributed by atoms with van der Waals surface area (Å²) in [5.74, 6) is 0.135. The summed E-state index contributed by atoms with van der Waals surface area (Å²) >= 11 is 0. The number of nitrogens with zero attached hydrogens (tertiary/aromatic N) is 1. The summed E-state index contributed by atoms with van der Waals surface area (Å²) in [6, 6.07) is -0.116. The van der Waals surface area contributed by atoms with Crippen LogP contribution in [0.2, 0.25) is 0 Å². The molecule has 1 heterocycles. The van der Waals surface area contributed by atoms with Gasteiger partial charge in [0.1, 0.15) is 0 Å². The van der Waals surface area contributed by atoms with Gasteiger partial charge < -0.3 is 20.1 Å². The number of nitrogens with two attached hydrogens (primary N) is 1. The number of hydrogen-bond acceptors (Lipinski definition) is 4. The number of amides is 1. The van der Waals surface area contributed by atoms with Gasteiger partial charge in [-0.2, -0.15) is 0 Å². The highest BCUT2D eigenvalue weighted by molar-refractivity contribution is 5.75. The van der Waals surface area contributed by atoms with Gasteiger partial charge in [0.2, 0.25) is 5.91 Å². The fourth-order valence-corrected chi connectivity index (χ4v) is 2.23. The third-order valence-corrected chi connectivity index (χ3v) is 3.27. The van der Waals surface area contributed by atoms with Crippen molar-refractivity contribution in [3.8, 4) is 0 Å². The summed E-state index contributed by atoms with van der Waals surface area (Å²) in [5.41, 5.74) is 5.82. The maximum absolute atomic E-state index is 11.9. The van der Waals surface area contributed by atoms with Crippen LogP contribution in [0.1, 0.15) is 32.1 Å². The van der Waals surface area contributed by atoms with Crippen LogP contribution in [-0.4, -0.2) is 56.9 Å². The van der Waals surface area contributed by atoms with Crippen LogP contribution in [0, 0.1) is 0 Å². The van der Waals surface area contributed by atoms with Crippen LogP contribution in [0.3, 0.4) is 0 Å². The Morgan fingerprint density at radius 2 is 2.33 bits per heavy atom. The monoisotopic (exact) mass is 258 g/mol. The van der Waals surface area contributed by atoms with Gasteiger partial charge in [0.25, 0.3) is 0 Å². The quantitative estimate of drug-likeness (QED) is 0.732. The maximum atomic E-state index is 11.9. The van der Waals surface area contributed by atoms with Gasteiger partial charge in [-0.1, -0.05) is 0 Å². The standard InChI is InChI=1S/C13H26N2O3/c1-15(9-11(14)10-17-2)13(16)7-6-12-5-3-4-8-18-12/h11-12H,3-10,14H2,1-2H3. The average molecular weight is 258 g/mol. The first-order valence-corrected chi connectivity index (χ1v) is 6.73. The molecule has 0 aromatic heterocycles. The predicted octanol–water partition coefficient (Wildman–Crippen LogP) is 0.768. The summed E-state index contributed by atoms with van der Waals surface area (Å²) in [7, 11) is 3.40. The molecule has 0 spiro atoms.